The van der Waals surface area contributed by atoms with Crippen molar-refractivity contribution in [3.8, 4) is 0 Å². The van der Waals surface area contributed by atoms with Gasteiger partial charge < -0.3 is 9.30 Å². The third-order valence-electron chi connectivity index (χ3n) is 4.07. The van der Waals surface area contributed by atoms with Gasteiger partial charge in [-0.25, -0.2) is 4.39 Å². The molecule has 0 radical (unpaired) electrons. The predicted octanol–water partition coefficient (Wildman–Crippen LogP) is 3.40. The Hall–Kier alpha value is -2.73. The van der Waals surface area contributed by atoms with Gasteiger partial charge in [-0.2, -0.15) is 4.98 Å². The van der Waals surface area contributed by atoms with Crippen LogP contribution in [-0.2, 0) is 29.6 Å². The molecule has 3 aromatic rings. The molecule has 0 saturated heterocycles. The van der Waals surface area contributed by atoms with Crippen molar-refractivity contribution in [1.82, 2.24) is 9.55 Å². The van der Waals surface area contributed by atoms with Crippen LogP contribution >= 0.6 is 11.6 Å². The summed E-state index contributed by atoms with van der Waals surface area (Å²) in [7, 11) is 1.80. The number of nitrogens with zero attached hydrogens (tertiary/aromatic N) is 2. The monoisotopic (exact) mass is 374 g/mol. The average molecular weight is 375 g/mol. The lowest BCUT2D eigenvalue weighted by Crippen LogP contribution is -2.18. The summed E-state index contributed by atoms with van der Waals surface area (Å²) in [5.74, 6) is -0.397. The van der Waals surface area contributed by atoms with Crippen LogP contribution in [-0.4, -0.2) is 15.5 Å². The van der Waals surface area contributed by atoms with Gasteiger partial charge in [0.2, 0.25) is 0 Å². The second-order valence-electron chi connectivity index (χ2n) is 5.81. The van der Waals surface area contributed by atoms with E-state index < -0.39 is 11.8 Å². The second-order valence-corrected chi connectivity index (χ2v) is 6.21. The summed E-state index contributed by atoms with van der Waals surface area (Å²) < 4.78 is 20.0. The number of rotatable bonds is 5. The predicted molar refractivity (Wildman–Crippen MR) is 96.5 cm³/mol. The Morgan fingerprint density at radius 3 is 2.81 bits per heavy atom. The molecule has 1 heterocycles. The molecule has 0 aliphatic rings. The van der Waals surface area contributed by atoms with Crippen LogP contribution in [0.5, 0.6) is 0 Å². The number of carbonyl (C=O) groups is 1. The van der Waals surface area contributed by atoms with Crippen LogP contribution in [0.1, 0.15) is 17.8 Å². The normalized spacial score (nSPS) is 10.9. The Balaban J connectivity index is 1.65. The molecule has 0 unspecified atom stereocenters. The van der Waals surface area contributed by atoms with E-state index in [-0.39, 0.29) is 30.0 Å². The minimum atomic E-state index is -0.451. The van der Waals surface area contributed by atoms with Crippen LogP contribution in [0.2, 0.25) is 5.02 Å². The van der Waals surface area contributed by atoms with E-state index in [1.165, 1.54) is 18.2 Å². The molecule has 0 saturated carbocycles. The summed E-state index contributed by atoms with van der Waals surface area (Å²) in [6, 6.07) is 11.1. The van der Waals surface area contributed by atoms with Gasteiger partial charge in [0.1, 0.15) is 18.2 Å². The highest BCUT2D eigenvalue weighted by Gasteiger charge is 2.11. The van der Waals surface area contributed by atoms with Crippen LogP contribution in [0.3, 0.4) is 0 Å². The van der Waals surface area contributed by atoms with Gasteiger partial charge >= 0.3 is 5.97 Å². The number of benzene rings is 2. The van der Waals surface area contributed by atoms with Gasteiger partial charge in [-0.3, -0.25) is 9.59 Å². The maximum atomic E-state index is 13.0. The molecule has 5 nitrogen and oxygen atoms in total. The third-order valence-corrected chi connectivity index (χ3v) is 4.42. The number of para-hydroxylation sites is 1. The Bertz CT molecular complexity index is 1030. The van der Waals surface area contributed by atoms with Gasteiger partial charge in [-0.15, -0.1) is 0 Å². The molecule has 7 heteroatoms. The van der Waals surface area contributed by atoms with E-state index in [2.05, 4.69) is 4.98 Å². The smallest absolute Gasteiger partial charge is 0.306 e. The molecule has 2 aromatic carbocycles. The lowest BCUT2D eigenvalue weighted by Gasteiger charge is -2.11. The van der Waals surface area contributed by atoms with Crippen LogP contribution in [0.25, 0.3) is 10.9 Å². The maximum absolute atomic E-state index is 13.0. The molecule has 0 bridgehead atoms. The summed E-state index contributed by atoms with van der Waals surface area (Å²) in [5, 5.41) is 0.740. The summed E-state index contributed by atoms with van der Waals surface area (Å²) in [6.07, 6.45) is 0.337. The summed E-state index contributed by atoms with van der Waals surface area (Å²) >= 11 is 5.90. The van der Waals surface area contributed by atoms with Crippen molar-refractivity contribution in [1.29, 1.82) is 0 Å². The highest BCUT2D eigenvalue weighted by atomic mass is 35.5. The fourth-order valence-electron chi connectivity index (χ4n) is 2.65. The summed E-state index contributed by atoms with van der Waals surface area (Å²) in [5.41, 5.74) is 0.965. The highest BCUT2D eigenvalue weighted by Crippen LogP contribution is 2.18. The molecule has 0 atom stereocenters. The number of hydrogen-bond donors (Lipinski definition) is 0. The van der Waals surface area contributed by atoms with E-state index in [1.54, 1.807) is 23.7 Å². The number of esters is 1. The van der Waals surface area contributed by atoms with E-state index in [4.69, 9.17) is 16.3 Å². The van der Waals surface area contributed by atoms with Gasteiger partial charge in [0.25, 0.3) is 5.56 Å². The Morgan fingerprint density at radius 1 is 1.27 bits per heavy atom. The quantitative estimate of drug-likeness (QED) is 0.642. The van der Waals surface area contributed by atoms with Crippen LogP contribution in [0.15, 0.2) is 47.3 Å². The minimum Gasteiger partial charge on any atom is -0.461 e. The van der Waals surface area contributed by atoms with Crippen molar-refractivity contribution in [2.75, 3.05) is 0 Å². The van der Waals surface area contributed by atoms with E-state index in [0.717, 1.165) is 5.52 Å². The van der Waals surface area contributed by atoms with Gasteiger partial charge in [0.15, 0.2) is 0 Å². The van der Waals surface area contributed by atoms with Gasteiger partial charge in [-0.05, 0) is 24.3 Å². The van der Waals surface area contributed by atoms with Crippen LogP contribution in [0, 0.1) is 5.82 Å². The zero-order valence-electron chi connectivity index (χ0n) is 14.0. The van der Waals surface area contributed by atoms with Crippen molar-refractivity contribution in [3.63, 3.8) is 0 Å². The van der Waals surface area contributed by atoms with Gasteiger partial charge in [0, 0.05) is 19.0 Å². The number of hydrogen-bond acceptors (Lipinski definition) is 4. The number of fused-ring (bicyclic) bond motifs is 1. The number of aryl methyl sites for hydroxylation is 2. The van der Waals surface area contributed by atoms with Crippen molar-refractivity contribution >= 4 is 28.5 Å². The molecule has 0 amide bonds. The first-order valence-electron chi connectivity index (χ1n) is 8.00. The molecule has 26 heavy (non-hydrogen) atoms. The van der Waals surface area contributed by atoms with Crippen molar-refractivity contribution in [2.45, 2.75) is 19.4 Å². The maximum Gasteiger partial charge on any atom is 0.306 e. The second kappa shape index (κ2) is 7.66. The Morgan fingerprint density at radius 2 is 2.04 bits per heavy atom. The first-order valence-corrected chi connectivity index (χ1v) is 8.37. The topological polar surface area (TPSA) is 61.2 Å². The Kier molecular flexibility index (Phi) is 5.32. The minimum absolute atomic E-state index is 0.0397. The number of carbonyl (C=O) groups excluding carboxylic acids is 1. The number of halogens is 2. The fourth-order valence-corrected chi connectivity index (χ4v) is 2.87. The lowest BCUT2D eigenvalue weighted by molar-refractivity contribution is -0.144. The molecule has 0 N–H and O–H groups in total. The average Bonchev–Trinajstić information content (AvgIpc) is 2.63. The Labute approximate surface area is 154 Å². The standard InChI is InChI=1S/C19H16ClFN2O3/c1-23-16-5-3-2-4-14(16)19(25)22-17(23)8-9-18(24)26-11-12-6-7-13(21)10-15(12)20/h2-7,10H,8-9,11H2,1H3. The van der Waals surface area contributed by atoms with Crippen molar-refractivity contribution in [3.05, 3.63) is 75.0 Å². The summed E-state index contributed by atoms with van der Waals surface area (Å²) in [6.45, 7) is -0.0397. The lowest BCUT2D eigenvalue weighted by atomic mass is 10.2. The molecule has 1 aromatic heterocycles. The molecule has 3 rings (SSSR count). The molecule has 0 aliphatic carbocycles. The summed E-state index contributed by atoms with van der Waals surface area (Å²) in [4.78, 5) is 28.1. The first-order chi connectivity index (χ1) is 12.5. The van der Waals surface area contributed by atoms with E-state index in [0.29, 0.717) is 16.8 Å². The van der Waals surface area contributed by atoms with E-state index in [9.17, 15) is 14.0 Å². The SMILES string of the molecule is Cn1c(CCC(=O)OCc2ccc(F)cc2Cl)nc(=O)c2ccccc21. The fraction of sp³-hybridized carbons (Fsp3) is 0.211. The zero-order valence-corrected chi connectivity index (χ0v) is 14.8. The van der Waals surface area contributed by atoms with Crippen LogP contribution in [0.4, 0.5) is 4.39 Å². The highest BCUT2D eigenvalue weighted by molar-refractivity contribution is 6.31. The molecule has 0 fully saturated rings. The van der Waals surface area contributed by atoms with E-state index in [1.807, 2.05) is 12.1 Å². The van der Waals surface area contributed by atoms with Crippen LogP contribution < -0.4 is 5.56 Å². The number of aromatic nitrogens is 2. The van der Waals surface area contributed by atoms with Gasteiger partial charge in [0.05, 0.1) is 22.3 Å². The zero-order chi connectivity index (χ0) is 18.7. The largest absolute Gasteiger partial charge is 0.461 e. The molecular weight excluding hydrogens is 359 g/mol. The molecular formula is C19H16ClFN2O3. The van der Waals surface area contributed by atoms with Gasteiger partial charge in [-0.1, -0.05) is 29.8 Å². The molecule has 0 aliphatic heterocycles. The van der Waals surface area contributed by atoms with Crippen molar-refractivity contribution < 1.29 is 13.9 Å². The van der Waals surface area contributed by atoms with Crippen molar-refractivity contribution in [2.24, 2.45) is 7.05 Å². The first kappa shape index (κ1) is 18.1. The number of ether oxygens (including phenoxy) is 1. The van der Waals surface area contributed by atoms with E-state index >= 15 is 0 Å². The third kappa shape index (κ3) is 3.91. The molecule has 0 spiro atoms. The molecule has 134 valence electrons.